The minimum atomic E-state index is 0.238. The van der Waals surface area contributed by atoms with Gasteiger partial charge in [-0.2, -0.15) is 0 Å². The Morgan fingerprint density at radius 2 is 2.10 bits per heavy atom. The Morgan fingerprint density at radius 1 is 1.29 bits per heavy atom. The van der Waals surface area contributed by atoms with E-state index in [0.29, 0.717) is 5.92 Å². The van der Waals surface area contributed by atoms with Gasteiger partial charge >= 0.3 is 0 Å². The number of hydrogen-bond donors (Lipinski definition) is 2. The van der Waals surface area contributed by atoms with Gasteiger partial charge in [0.1, 0.15) is 0 Å². The quantitative estimate of drug-likeness (QED) is 0.669. The molecule has 1 aliphatic rings. The Labute approximate surface area is 126 Å². The van der Waals surface area contributed by atoms with Gasteiger partial charge in [0.05, 0.1) is 0 Å². The van der Waals surface area contributed by atoms with Crippen molar-refractivity contribution in [1.82, 2.24) is 10.4 Å². The number of hydrogen-bond acceptors (Lipinski definition) is 3. The maximum Gasteiger partial charge on any atom is 0.0482 e. The highest BCUT2D eigenvalue weighted by Crippen LogP contribution is 2.33. The summed E-state index contributed by atoms with van der Waals surface area (Å²) in [6.07, 6.45) is 6.36. The zero-order chi connectivity index (χ0) is 14.7. The number of hydrazine groups is 1. The van der Waals surface area contributed by atoms with E-state index in [0.717, 1.165) is 19.3 Å². The standard InChI is InChI=1S/C18H23N3/c1-13-7-9-14(10-8-13)12-17(21-19)16-6-2-4-15-5-3-11-20-18(15)16/h3,5,7-11,16-17,21H,2,4,6,12,19H2,1H3. The summed E-state index contributed by atoms with van der Waals surface area (Å²) in [5, 5.41) is 0. The number of nitrogens with zero attached hydrogens (tertiary/aromatic N) is 1. The van der Waals surface area contributed by atoms with Crippen LogP contribution < -0.4 is 11.3 Å². The molecule has 1 aromatic heterocycles. The third-order valence-electron chi connectivity index (χ3n) is 4.51. The maximum absolute atomic E-state index is 5.86. The van der Waals surface area contributed by atoms with E-state index < -0.39 is 0 Å². The van der Waals surface area contributed by atoms with Crippen LogP contribution in [0.2, 0.25) is 0 Å². The van der Waals surface area contributed by atoms with Crippen LogP contribution in [0.1, 0.15) is 41.1 Å². The van der Waals surface area contributed by atoms with E-state index in [-0.39, 0.29) is 6.04 Å². The predicted octanol–water partition coefficient (Wildman–Crippen LogP) is 2.88. The molecule has 3 heteroatoms. The van der Waals surface area contributed by atoms with Crippen molar-refractivity contribution in [3.05, 3.63) is 65.0 Å². The predicted molar refractivity (Wildman–Crippen MR) is 85.9 cm³/mol. The highest BCUT2D eigenvalue weighted by molar-refractivity contribution is 5.29. The first-order valence-electron chi connectivity index (χ1n) is 7.73. The van der Waals surface area contributed by atoms with Gasteiger partial charge in [-0.05, 0) is 49.8 Å². The Kier molecular flexibility index (Phi) is 4.32. The van der Waals surface area contributed by atoms with Gasteiger partial charge in [-0.15, -0.1) is 0 Å². The van der Waals surface area contributed by atoms with Crippen LogP contribution in [0.15, 0.2) is 42.6 Å². The summed E-state index contributed by atoms with van der Waals surface area (Å²) in [5.74, 6) is 6.26. The number of aromatic nitrogens is 1. The molecule has 21 heavy (non-hydrogen) atoms. The number of nitrogens with two attached hydrogens (primary N) is 1. The molecule has 0 saturated carbocycles. The second-order valence-electron chi connectivity index (χ2n) is 6.01. The van der Waals surface area contributed by atoms with E-state index in [2.05, 4.69) is 47.7 Å². The number of benzene rings is 1. The van der Waals surface area contributed by atoms with Crippen LogP contribution in [0.25, 0.3) is 0 Å². The van der Waals surface area contributed by atoms with E-state index in [1.54, 1.807) is 0 Å². The first kappa shape index (κ1) is 14.2. The van der Waals surface area contributed by atoms with Crippen molar-refractivity contribution in [2.45, 2.75) is 44.6 Å². The minimum Gasteiger partial charge on any atom is -0.271 e. The SMILES string of the molecule is Cc1ccc(CC(NN)C2CCCc3cccnc32)cc1. The topological polar surface area (TPSA) is 50.9 Å². The van der Waals surface area contributed by atoms with Crippen LogP contribution in [0.5, 0.6) is 0 Å². The van der Waals surface area contributed by atoms with Crippen LogP contribution in [0.3, 0.4) is 0 Å². The summed E-state index contributed by atoms with van der Waals surface area (Å²) >= 11 is 0. The highest BCUT2D eigenvalue weighted by Gasteiger charge is 2.28. The molecule has 0 saturated heterocycles. The molecule has 0 aliphatic heterocycles. The third-order valence-corrected chi connectivity index (χ3v) is 4.51. The fraction of sp³-hybridized carbons (Fsp3) is 0.389. The molecule has 0 bridgehead atoms. The fourth-order valence-corrected chi connectivity index (χ4v) is 3.33. The first-order chi connectivity index (χ1) is 10.3. The van der Waals surface area contributed by atoms with Gasteiger partial charge in [-0.25, -0.2) is 0 Å². The van der Waals surface area contributed by atoms with Gasteiger partial charge in [0.25, 0.3) is 0 Å². The molecule has 1 heterocycles. The van der Waals surface area contributed by atoms with Crippen molar-refractivity contribution in [2.24, 2.45) is 5.84 Å². The van der Waals surface area contributed by atoms with Crippen LogP contribution in [0, 0.1) is 6.92 Å². The number of rotatable bonds is 4. The molecule has 0 spiro atoms. The molecule has 0 fully saturated rings. The number of fused-ring (bicyclic) bond motifs is 1. The first-order valence-corrected chi connectivity index (χ1v) is 7.73. The largest absolute Gasteiger partial charge is 0.271 e. The molecule has 0 radical (unpaired) electrons. The average molecular weight is 281 g/mol. The summed E-state index contributed by atoms with van der Waals surface area (Å²) in [7, 11) is 0. The van der Waals surface area contributed by atoms with Crippen LogP contribution in [0.4, 0.5) is 0 Å². The lowest BCUT2D eigenvalue weighted by Gasteiger charge is -2.31. The van der Waals surface area contributed by atoms with Gasteiger partial charge in [-0.3, -0.25) is 16.3 Å². The average Bonchev–Trinajstić information content (AvgIpc) is 2.54. The summed E-state index contributed by atoms with van der Waals surface area (Å²) in [6, 6.07) is 13.2. The number of pyridine rings is 1. The normalized spacial score (nSPS) is 19.0. The van der Waals surface area contributed by atoms with Crippen LogP contribution in [-0.2, 0) is 12.8 Å². The zero-order valence-electron chi connectivity index (χ0n) is 12.5. The fourth-order valence-electron chi connectivity index (χ4n) is 3.33. The van der Waals surface area contributed by atoms with E-state index in [1.807, 2.05) is 12.3 Å². The second kappa shape index (κ2) is 6.37. The number of aryl methyl sites for hydroxylation is 2. The van der Waals surface area contributed by atoms with Crippen molar-refractivity contribution in [3.8, 4) is 0 Å². The second-order valence-corrected chi connectivity index (χ2v) is 6.01. The van der Waals surface area contributed by atoms with Gasteiger partial charge in [0, 0.05) is 23.9 Å². The summed E-state index contributed by atoms with van der Waals surface area (Å²) < 4.78 is 0. The molecule has 3 N–H and O–H groups in total. The minimum absolute atomic E-state index is 0.238. The van der Waals surface area contributed by atoms with Crippen molar-refractivity contribution in [2.75, 3.05) is 0 Å². The van der Waals surface area contributed by atoms with E-state index in [9.17, 15) is 0 Å². The smallest absolute Gasteiger partial charge is 0.0482 e. The van der Waals surface area contributed by atoms with Crippen LogP contribution >= 0.6 is 0 Å². The Morgan fingerprint density at radius 3 is 2.86 bits per heavy atom. The molecule has 2 unspecified atom stereocenters. The third kappa shape index (κ3) is 3.14. The Bertz CT molecular complexity index is 592. The molecule has 1 aliphatic carbocycles. The molecule has 3 rings (SSSR count). The molecule has 110 valence electrons. The molecule has 2 atom stereocenters. The monoisotopic (exact) mass is 281 g/mol. The Balaban J connectivity index is 1.82. The van der Waals surface area contributed by atoms with E-state index in [1.165, 1.54) is 28.8 Å². The molecule has 0 amide bonds. The van der Waals surface area contributed by atoms with Crippen molar-refractivity contribution < 1.29 is 0 Å². The van der Waals surface area contributed by atoms with Crippen molar-refractivity contribution >= 4 is 0 Å². The van der Waals surface area contributed by atoms with E-state index >= 15 is 0 Å². The summed E-state index contributed by atoms with van der Waals surface area (Å²) in [4.78, 5) is 4.63. The Hall–Kier alpha value is -1.71. The van der Waals surface area contributed by atoms with Crippen molar-refractivity contribution in [3.63, 3.8) is 0 Å². The number of nitrogens with one attached hydrogen (secondary N) is 1. The summed E-state index contributed by atoms with van der Waals surface area (Å²) in [5.41, 5.74) is 8.28. The lowest BCUT2D eigenvalue weighted by Crippen LogP contribution is -2.42. The van der Waals surface area contributed by atoms with Gasteiger partial charge in [0.15, 0.2) is 0 Å². The highest BCUT2D eigenvalue weighted by atomic mass is 15.2. The molecular weight excluding hydrogens is 258 g/mol. The van der Waals surface area contributed by atoms with Crippen molar-refractivity contribution in [1.29, 1.82) is 0 Å². The molecule has 2 aromatic rings. The van der Waals surface area contributed by atoms with Gasteiger partial charge in [-0.1, -0.05) is 35.9 Å². The lowest BCUT2D eigenvalue weighted by molar-refractivity contribution is 0.387. The maximum atomic E-state index is 5.86. The summed E-state index contributed by atoms with van der Waals surface area (Å²) in [6.45, 7) is 2.11. The van der Waals surface area contributed by atoms with Crippen LogP contribution in [-0.4, -0.2) is 11.0 Å². The zero-order valence-corrected chi connectivity index (χ0v) is 12.5. The molecular formula is C18H23N3. The van der Waals surface area contributed by atoms with E-state index in [4.69, 9.17) is 5.84 Å². The molecule has 1 aromatic carbocycles. The van der Waals surface area contributed by atoms with Gasteiger partial charge < -0.3 is 0 Å². The molecule has 3 nitrogen and oxygen atoms in total. The lowest BCUT2D eigenvalue weighted by atomic mass is 9.80. The van der Waals surface area contributed by atoms with Gasteiger partial charge in [0.2, 0.25) is 0 Å².